The monoisotopic (exact) mass is 242 g/mol. The molecule has 0 spiro atoms. The van der Waals surface area contributed by atoms with Crippen LogP contribution in [0.4, 0.5) is 15.8 Å². The lowest BCUT2D eigenvalue weighted by atomic mass is 10.1. The maximum absolute atomic E-state index is 12.8. The normalized spacial score (nSPS) is 25.3. The van der Waals surface area contributed by atoms with Gasteiger partial charge >= 0.3 is 0 Å². The number of hydrogen-bond donors (Lipinski definition) is 2. The molecular formula is C11H15FN2OS. The van der Waals surface area contributed by atoms with Crippen molar-refractivity contribution >= 4 is 22.2 Å². The van der Waals surface area contributed by atoms with E-state index in [2.05, 4.69) is 5.32 Å². The Bertz CT molecular complexity index is 401. The molecule has 0 bridgehead atoms. The maximum Gasteiger partial charge on any atom is 0.125 e. The topological polar surface area (TPSA) is 55.1 Å². The number of nitrogen functional groups attached to an aromatic ring is 1. The Morgan fingerprint density at radius 3 is 2.69 bits per heavy atom. The summed E-state index contributed by atoms with van der Waals surface area (Å²) in [5.41, 5.74) is 6.89. The molecule has 0 radical (unpaired) electrons. The highest BCUT2D eigenvalue weighted by Gasteiger charge is 2.18. The Morgan fingerprint density at radius 1 is 1.38 bits per heavy atom. The lowest BCUT2D eigenvalue weighted by Gasteiger charge is -2.24. The molecule has 3 N–H and O–H groups in total. The van der Waals surface area contributed by atoms with E-state index < -0.39 is 10.8 Å². The first kappa shape index (κ1) is 11.4. The first-order chi connectivity index (χ1) is 7.65. The molecule has 1 aliphatic rings. The first-order valence-corrected chi connectivity index (χ1v) is 6.80. The molecule has 1 aliphatic heterocycles. The van der Waals surface area contributed by atoms with Crippen LogP contribution in [0.5, 0.6) is 0 Å². The van der Waals surface area contributed by atoms with E-state index in [-0.39, 0.29) is 5.82 Å². The molecule has 0 amide bonds. The highest BCUT2D eigenvalue weighted by Crippen LogP contribution is 2.22. The number of nitrogens with two attached hydrogens (primary N) is 1. The van der Waals surface area contributed by atoms with E-state index in [1.54, 1.807) is 6.07 Å². The summed E-state index contributed by atoms with van der Waals surface area (Å²) >= 11 is 0. The summed E-state index contributed by atoms with van der Waals surface area (Å²) < 4.78 is 24.0. The largest absolute Gasteiger partial charge is 0.397 e. The third-order valence-corrected chi connectivity index (χ3v) is 4.14. The van der Waals surface area contributed by atoms with Gasteiger partial charge in [0.15, 0.2) is 0 Å². The van der Waals surface area contributed by atoms with Crippen LogP contribution in [0.2, 0.25) is 0 Å². The maximum atomic E-state index is 12.8. The number of hydrogen-bond acceptors (Lipinski definition) is 3. The molecule has 0 unspecified atom stereocenters. The minimum absolute atomic E-state index is 0.297. The second kappa shape index (κ2) is 4.82. The van der Waals surface area contributed by atoms with Gasteiger partial charge in [0.1, 0.15) is 5.82 Å². The van der Waals surface area contributed by atoms with Crippen molar-refractivity contribution in [1.29, 1.82) is 0 Å². The molecule has 16 heavy (non-hydrogen) atoms. The fourth-order valence-corrected chi connectivity index (χ4v) is 3.12. The average molecular weight is 242 g/mol. The Kier molecular flexibility index (Phi) is 3.43. The fraction of sp³-hybridized carbons (Fsp3) is 0.455. The van der Waals surface area contributed by atoms with E-state index in [1.165, 1.54) is 12.1 Å². The van der Waals surface area contributed by atoms with E-state index in [0.717, 1.165) is 30.0 Å². The van der Waals surface area contributed by atoms with E-state index in [0.29, 0.717) is 11.7 Å². The minimum Gasteiger partial charge on any atom is -0.397 e. The second-order valence-corrected chi connectivity index (χ2v) is 5.69. The summed E-state index contributed by atoms with van der Waals surface area (Å²) in [5, 5.41) is 3.27. The van der Waals surface area contributed by atoms with E-state index in [9.17, 15) is 8.60 Å². The Hall–Kier alpha value is -1.10. The number of rotatable bonds is 2. The van der Waals surface area contributed by atoms with E-state index in [1.807, 2.05) is 0 Å². The van der Waals surface area contributed by atoms with Gasteiger partial charge < -0.3 is 11.1 Å². The highest BCUT2D eigenvalue weighted by atomic mass is 32.2. The van der Waals surface area contributed by atoms with Gasteiger partial charge in [0, 0.05) is 28.3 Å². The molecule has 1 fully saturated rings. The fourth-order valence-electron chi connectivity index (χ4n) is 1.82. The van der Waals surface area contributed by atoms with Gasteiger partial charge in [-0.3, -0.25) is 4.21 Å². The molecule has 1 saturated heterocycles. The van der Waals surface area contributed by atoms with Crippen molar-refractivity contribution in [2.75, 3.05) is 22.6 Å². The van der Waals surface area contributed by atoms with Crippen LogP contribution < -0.4 is 11.1 Å². The average Bonchev–Trinajstić information content (AvgIpc) is 2.25. The molecule has 0 atom stereocenters. The Balaban J connectivity index is 2.01. The van der Waals surface area contributed by atoms with Crippen LogP contribution in [0.3, 0.4) is 0 Å². The Morgan fingerprint density at radius 2 is 2.06 bits per heavy atom. The molecule has 1 aromatic carbocycles. The lowest BCUT2D eigenvalue weighted by Crippen LogP contribution is -2.29. The van der Waals surface area contributed by atoms with Crippen LogP contribution in [-0.4, -0.2) is 21.8 Å². The van der Waals surface area contributed by atoms with Crippen LogP contribution >= 0.6 is 0 Å². The number of benzene rings is 1. The minimum atomic E-state index is -0.659. The van der Waals surface area contributed by atoms with Gasteiger partial charge in [-0.05, 0) is 31.0 Å². The third kappa shape index (κ3) is 2.72. The van der Waals surface area contributed by atoms with Gasteiger partial charge in [0.05, 0.1) is 11.4 Å². The molecule has 1 aromatic rings. The molecule has 88 valence electrons. The molecule has 0 aromatic heterocycles. The van der Waals surface area contributed by atoms with Gasteiger partial charge in [0.25, 0.3) is 0 Å². The zero-order valence-corrected chi connectivity index (χ0v) is 9.73. The summed E-state index contributed by atoms with van der Waals surface area (Å²) in [6.45, 7) is 0. The van der Waals surface area contributed by atoms with E-state index >= 15 is 0 Å². The molecule has 2 rings (SSSR count). The number of anilines is 2. The smallest absolute Gasteiger partial charge is 0.125 e. The summed E-state index contributed by atoms with van der Waals surface area (Å²) in [4.78, 5) is 0. The first-order valence-electron chi connectivity index (χ1n) is 5.31. The van der Waals surface area contributed by atoms with Crippen molar-refractivity contribution in [3.05, 3.63) is 24.0 Å². The second-order valence-electron chi connectivity index (χ2n) is 4.00. The van der Waals surface area contributed by atoms with Gasteiger partial charge in [-0.2, -0.15) is 0 Å². The van der Waals surface area contributed by atoms with Crippen molar-refractivity contribution in [3.63, 3.8) is 0 Å². The third-order valence-electron chi connectivity index (χ3n) is 2.76. The van der Waals surface area contributed by atoms with Crippen molar-refractivity contribution in [2.24, 2.45) is 0 Å². The molecule has 1 heterocycles. The molecular weight excluding hydrogens is 227 g/mol. The number of nitrogens with one attached hydrogen (secondary N) is 1. The zero-order valence-electron chi connectivity index (χ0n) is 8.91. The van der Waals surface area contributed by atoms with Gasteiger partial charge in [0.2, 0.25) is 0 Å². The zero-order chi connectivity index (χ0) is 11.5. The molecule has 0 aliphatic carbocycles. The molecule has 3 nitrogen and oxygen atoms in total. The van der Waals surface area contributed by atoms with Crippen molar-refractivity contribution < 1.29 is 8.60 Å². The summed E-state index contributed by atoms with van der Waals surface area (Å²) in [6, 6.07) is 4.64. The predicted octanol–water partition coefficient (Wildman–Crippen LogP) is 1.73. The Labute approximate surface area is 96.7 Å². The van der Waals surface area contributed by atoms with Crippen LogP contribution in [-0.2, 0) is 10.8 Å². The summed E-state index contributed by atoms with van der Waals surface area (Å²) in [5.74, 6) is 1.14. The summed E-state index contributed by atoms with van der Waals surface area (Å²) in [7, 11) is -0.659. The van der Waals surface area contributed by atoms with Gasteiger partial charge in [-0.1, -0.05) is 0 Å². The molecule has 5 heteroatoms. The van der Waals surface area contributed by atoms with Gasteiger partial charge in [-0.15, -0.1) is 0 Å². The SMILES string of the molecule is Nc1cc(F)ccc1NC1CCS(=O)CC1. The van der Waals surface area contributed by atoms with Crippen LogP contribution in [0.15, 0.2) is 18.2 Å². The van der Waals surface area contributed by atoms with E-state index in [4.69, 9.17) is 5.73 Å². The van der Waals surface area contributed by atoms with Crippen LogP contribution in [0.1, 0.15) is 12.8 Å². The van der Waals surface area contributed by atoms with Crippen molar-refractivity contribution in [1.82, 2.24) is 0 Å². The van der Waals surface area contributed by atoms with Crippen molar-refractivity contribution in [3.8, 4) is 0 Å². The van der Waals surface area contributed by atoms with Gasteiger partial charge in [-0.25, -0.2) is 4.39 Å². The standard InChI is InChI=1S/C11H15FN2OS/c12-8-1-2-11(10(13)7-8)14-9-3-5-16(15)6-4-9/h1-2,7,9,14H,3-6,13H2. The highest BCUT2D eigenvalue weighted by molar-refractivity contribution is 7.85. The quantitative estimate of drug-likeness (QED) is 0.777. The predicted molar refractivity (Wildman–Crippen MR) is 65.3 cm³/mol. The van der Waals surface area contributed by atoms with Crippen LogP contribution in [0.25, 0.3) is 0 Å². The molecule has 0 saturated carbocycles. The van der Waals surface area contributed by atoms with Crippen molar-refractivity contribution in [2.45, 2.75) is 18.9 Å². The number of halogens is 1. The van der Waals surface area contributed by atoms with Crippen LogP contribution in [0, 0.1) is 5.82 Å². The summed E-state index contributed by atoms with van der Waals surface area (Å²) in [6.07, 6.45) is 1.76. The lowest BCUT2D eigenvalue weighted by molar-refractivity contribution is 0.621.